The molecule has 0 bridgehead atoms. The lowest BCUT2D eigenvalue weighted by Crippen LogP contribution is -2.47. The van der Waals surface area contributed by atoms with E-state index in [1.54, 1.807) is 30.5 Å². The summed E-state index contributed by atoms with van der Waals surface area (Å²) in [6.45, 7) is 3.42. The smallest absolute Gasteiger partial charge is 0.263 e. The average Bonchev–Trinajstić information content (AvgIpc) is 2.73. The fraction of sp³-hybridized carbons (Fsp3) is 0.524. The molecule has 1 saturated heterocycles. The van der Waals surface area contributed by atoms with E-state index in [0.29, 0.717) is 26.2 Å². The SMILES string of the molecule is Cc1ccc(S(=O)(=O)N2CCN(/C=C(/C#N)C(=O)NC3CCCCC3)CC2)cc1. The Hall–Kier alpha value is -2.37. The number of aryl methyl sites for hydroxylation is 1. The molecule has 1 aliphatic heterocycles. The van der Waals surface area contributed by atoms with E-state index >= 15 is 0 Å². The summed E-state index contributed by atoms with van der Waals surface area (Å²) in [4.78, 5) is 14.6. The number of hydrogen-bond acceptors (Lipinski definition) is 5. The highest BCUT2D eigenvalue weighted by Gasteiger charge is 2.28. The molecule has 0 radical (unpaired) electrons. The summed E-state index contributed by atoms with van der Waals surface area (Å²) in [5.41, 5.74) is 1.08. The summed E-state index contributed by atoms with van der Waals surface area (Å²) in [5, 5.41) is 12.4. The summed E-state index contributed by atoms with van der Waals surface area (Å²) < 4.78 is 27.0. The van der Waals surface area contributed by atoms with E-state index in [-0.39, 0.29) is 22.4 Å². The van der Waals surface area contributed by atoms with E-state index in [2.05, 4.69) is 5.32 Å². The molecule has 1 aromatic rings. The van der Waals surface area contributed by atoms with Gasteiger partial charge in [-0.25, -0.2) is 8.42 Å². The molecule has 7 nitrogen and oxygen atoms in total. The molecule has 8 heteroatoms. The predicted molar refractivity (Wildman–Crippen MR) is 110 cm³/mol. The lowest BCUT2D eigenvalue weighted by atomic mass is 9.95. The Bertz CT molecular complexity index is 889. The zero-order valence-electron chi connectivity index (χ0n) is 16.8. The summed E-state index contributed by atoms with van der Waals surface area (Å²) in [6.07, 6.45) is 6.89. The van der Waals surface area contributed by atoms with Crippen LogP contribution in [0.1, 0.15) is 37.7 Å². The van der Waals surface area contributed by atoms with Crippen molar-refractivity contribution >= 4 is 15.9 Å². The highest BCUT2D eigenvalue weighted by molar-refractivity contribution is 7.89. The van der Waals surface area contributed by atoms with Gasteiger partial charge in [0.15, 0.2) is 0 Å². The van der Waals surface area contributed by atoms with Crippen LogP contribution in [0.5, 0.6) is 0 Å². The maximum absolute atomic E-state index is 12.8. The molecule has 156 valence electrons. The Morgan fingerprint density at radius 1 is 1.10 bits per heavy atom. The summed E-state index contributed by atoms with van der Waals surface area (Å²) in [7, 11) is -3.53. The van der Waals surface area contributed by atoms with Crippen LogP contribution in [0.3, 0.4) is 0 Å². The van der Waals surface area contributed by atoms with Crippen LogP contribution in [0.2, 0.25) is 0 Å². The number of carbonyl (C=O) groups is 1. The largest absolute Gasteiger partial charge is 0.373 e. The minimum Gasteiger partial charge on any atom is -0.373 e. The minimum atomic E-state index is -3.53. The number of amides is 1. The van der Waals surface area contributed by atoms with Crippen molar-refractivity contribution in [2.45, 2.75) is 50.0 Å². The van der Waals surface area contributed by atoms with Crippen molar-refractivity contribution in [2.75, 3.05) is 26.2 Å². The minimum absolute atomic E-state index is 0.0745. The van der Waals surface area contributed by atoms with E-state index in [1.807, 2.05) is 17.9 Å². The fourth-order valence-electron chi connectivity index (χ4n) is 3.76. The lowest BCUT2D eigenvalue weighted by Gasteiger charge is -2.33. The predicted octanol–water partition coefficient (Wildman–Crippen LogP) is 2.16. The van der Waals surface area contributed by atoms with Gasteiger partial charge in [-0.3, -0.25) is 4.79 Å². The number of hydrogen-bond donors (Lipinski definition) is 1. The number of rotatable bonds is 5. The molecule has 1 amide bonds. The molecule has 1 N–H and O–H groups in total. The van der Waals surface area contributed by atoms with Crippen molar-refractivity contribution in [3.63, 3.8) is 0 Å². The van der Waals surface area contributed by atoms with E-state index in [1.165, 1.54) is 10.7 Å². The average molecular weight is 417 g/mol. The van der Waals surface area contributed by atoms with Crippen LogP contribution in [0.25, 0.3) is 0 Å². The molecule has 1 heterocycles. The fourth-order valence-corrected chi connectivity index (χ4v) is 5.19. The highest BCUT2D eigenvalue weighted by Crippen LogP contribution is 2.19. The van der Waals surface area contributed by atoms with Gasteiger partial charge in [-0.1, -0.05) is 37.0 Å². The molecule has 3 rings (SSSR count). The van der Waals surface area contributed by atoms with Crippen LogP contribution in [0.4, 0.5) is 0 Å². The molecule has 0 atom stereocenters. The van der Waals surface area contributed by atoms with Crippen LogP contribution in [-0.4, -0.2) is 55.8 Å². The molecular weight excluding hydrogens is 388 g/mol. The quantitative estimate of drug-likeness (QED) is 0.586. The monoisotopic (exact) mass is 416 g/mol. The molecule has 1 aromatic carbocycles. The van der Waals surface area contributed by atoms with Gasteiger partial charge >= 0.3 is 0 Å². The Morgan fingerprint density at radius 2 is 1.72 bits per heavy atom. The molecule has 29 heavy (non-hydrogen) atoms. The van der Waals surface area contributed by atoms with Crippen LogP contribution >= 0.6 is 0 Å². The van der Waals surface area contributed by atoms with E-state index in [4.69, 9.17) is 0 Å². The lowest BCUT2D eigenvalue weighted by molar-refractivity contribution is -0.118. The van der Waals surface area contributed by atoms with Crippen LogP contribution in [0, 0.1) is 18.3 Å². The first-order valence-electron chi connectivity index (χ1n) is 10.1. The van der Waals surface area contributed by atoms with Gasteiger partial charge in [-0.15, -0.1) is 0 Å². The third kappa shape index (κ3) is 5.37. The Kier molecular flexibility index (Phi) is 6.93. The first kappa shape index (κ1) is 21.3. The van der Waals surface area contributed by atoms with Crippen LogP contribution < -0.4 is 5.32 Å². The van der Waals surface area contributed by atoms with Gasteiger partial charge in [0, 0.05) is 38.4 Å². The second kappa shape index (κ2) is 9.42. The number of carbonyl (C=O) groups excluding carboxylic acids is 1. The van der Waals surface area contributed by atoms with Gasteiger partial charge in [0.25, 0.3) is 5.91 Å². The van der Waals surface area contributed by atoms with Crippen molar-refractivity contribution < 1.29 is 13.2 Å². The van der Waals surface area contributed by atoms with E-state index < -0.39 is 10.0 Å². The highest BCUT2D eigenvalue weighted by atomic mass is 32.2. The van der Waals surface area contributed by atoms with Crippen molar-refractivity contribution in [3.05, 3.63) is 41.6 Å². The van der Waals surface area contributed by atoms with E-state index in [0.717, 1.165) is 31.2 Å². The molecule has 2 fully saturated rings. The Morgan fingerprint density at radius 3 is 2.31 bits per heavy atom. The molecule has 1 saturated carbocycles. The zero-order valence-corrected chi connectivity index (χ0v) is 17.6. The molecule has 0 spiro atoms. The van der Waals surface area contributed by atoms with Crippen molar-refractivity contribution in [3.8, 4) is 6.07 Å². The van der Waals surface area contributed by atoms with Gasteiger partial charge in [0.05, 0.1) is 4.90 Å². The number of nitriles is 1. The number of piperazine rings is 1. The third-order valence-corrected chi connectivity index (χ3v) is 7.46. The Balaban J connectivity index is 1.59. The third-order valence-electron chi connectivity index (χ3n) is 5.55. The van der Waals surface area contributed by atoms with Crippen molar-refractivity contribution in [2.24, 2.45) is 0 Å². The molecule has 0 unspecified atom stereocenters. The van der Waals surface area contributed by atoms with Crippen molar-refractivity contribution in [1.82, 2.24) is 14.5 Å². The molecule has 0 aromatic heterocycles. The van der Waals surface area contributed by atoms with Crippen molar-refractivity contribution in [1.29, 1.82) is 5.26 Å². The van der Waals surface area contributed by atoms with Gasteiger partial charge in [-0.05, 0) is 31.9 Å². The van der Waals surface area contributed by atoms with Crippen LogP contribution in [-0.2, 0) is 14.8 Å². The number of sulfonamides is 1. The molecular formula is C21H28N4O3S. The molecule has 1 aliphatic carbocycles. The standard InChI is InChI=1S/C21H28N4O3S/c1-17-7-9-20(10-8-17)29(27,28)25-13-11-24(12-14-25)16-18(15-22)21(26)23-19-5-3-2-4-6-19/h7-10,16,19H,2-6,11-14H2,1H3,(H,23,26)/b18-16-. The van der Waals surface area contributed by atoms with Gasteiger partial charge < -0.3 is 10.2 Å². The number of benzene rings is 1. The second-order valence-electron chi connectivity index (χ2n) is 7.72. The first-order valence-corrected chi connectivity index (χ1v) is 11.6. The topological polar surface area (TPSA) is 93.5 Å². The van der Waals surface area contributed by atoms with E-state index in [9.17, 15) is 18.5 Å². The van der Waals surface area contributed by atoms with Gasteiger partial charge in [0.2, 0.25) is 10.0 Å². The second-order valence-corrected chi connectivity index (χ2v) is 9.65. The first-order chi connectivity index (χ1) is 13.9. The normalized spacial score (nSPS) is 19.6. The Labute approximate surface area is 173 Å². The zero-order chi connectivity index (χ0) is 20.9. The maximum Gasteiger partial charge on any atom is 0.263 e. The maximum atomic E-state index is 12.8. The summed E-state index contributed by atoms with van der Waals surface area (Å²) in [5.74, 6) is -0.339. The summed E-state index contributed by atoms with van der Waals surface area (Å²) >= 11 is 0. The van der Waals surface area contributed by atoms with Crippen LogP contribution in [0.15, 0.2) is 40.9 Å². The summed E-state index contributed by atoms with van der Waals surface area (Å²) in [6, 6.07) is 8.96. The van der Waals surface area contributed by atoms with Gasteiger partial charge in [-0.2, -0.15) is 9.57 Å². The van der Waals surface area contributed by atoms with Gasteiger partial charge in [0.1, 0.15) is 11.6 Å². The molecule has 2 aliphatic rings. The number of nitrogens with one attached hydrogen (secondary N) is 1. The number of nitrogens with zero attached hydrogens (tertiary/aromatic N) is 3.